The van der Waals surface area contributed by atoms with Crippen LogP contribution >= 0.6 is 23.4 Å². The van der Waals surface area contributed by atoms with Gasteiger partial charge in [0.1, 0.15) is 0 Å². The van der Waals surface area contributed by atoms with Crippen molar-refractivity contribution < 1.29 is 4.79 Å². The average molecular weight is 444 g/mol. The predicted octanol–water partition coefficient (Wildman–Crippen LogP) is 6.80. The molecule has 1 amide bonds. The third-order valence-corrected chi connectivity index (χ3v) is 6.24. The van der Waals surface area contributed by atoms with Crippen LogP contribution < -0.4 is 0 Å². The standard InChI is InChI=1S/C25H18ClN3OS/c26-20-13-11-19(12-14-20)22-16-21(18-9-5-2-6-10-18)28-29(22)24-23(31-25(30)27-24)15-17-7-3-1-4-8-17/h1-15,22H,16H2/b23-15-. The highest BCUT2D eigenvalue weighted by Gasteiger charge is 2.36. The Labute approximate surface area is 190 Å². The van der Waals surface area contributed by atoms with Gasteiger partial charge >= 0.3 is 5.24 Å². The van der Waals surface area contributed by atoms with Crippen molar-refractivity contribution >= 4 is 46.2 Å². The quantitative estimate of drug-likeness (QED) is 0.447. The fourth-order valence-electron chi connectivity index (χ4n) is 3.72. The molecule has 0 aromatic heterocycles. The van der Waals surface area contributed by atoms with E-state index in [2.05, 4.69) is 17.1 Å². The molecule has 3 aromatic carbocycles. The van der Waals surface area contributed by atoms with Crippen molar-refractivity contribution in [1.29, 1.82) is 0 Å². The predicted molar refractivity (Wildman–Crippen MR) is 128 cm³/mol. The molecule has 0 N–H and O–H groups in total. The fraction of sp³-hybridized carbons (Fsp3) is 0.0800. The molecule has 31 heavy (non-hydrogen) atoms. The van der Waals surface area contributed by atoms with Gasteiger partial charge in [-0.2, -0.15) is 10.1 Å². The first-order valence-corrected chi connectivity index (χ1v) is 11.1. The van der Waals surface area contributed by atoms with Crippen LogP contribution in [0.4, 0.5) is 4.79 Å². The average Bonchev–Trinajstić information content (AvgIpc) is 3.39. The number of benzene rings is 3. The summed E-state index contributed by atoms with van der Waals surface area (Å²) in [6.45, 7) is 0. The minimum absolute atomic E-state index is 0.0723. The van der Waals surface area contributed by atoms with Crippen molar-refractivity contribution in [3.63, 3.8) is 0 Å². The first-order valence-electron chi connectivity index (χ1n) is 9.92. The molecule has 1 unspecified atom stereocenters. The van der Waals surface area contributed by atoms with Gasteiger partial charge in [-0.05, 0) is 46.7 Å². The molecule has 0 bridgehead atoms. The molecular weight excluding hydrogens is 426 g/mol. The summed E-state index contributed by atoms with van der Waals surface area (Å²) >= 11 is 7.25. The molecule has 0 fully saturated rings. The van der Waals surface area contributed by atoms with Crippen LogP contribution in [0.25, 0.3) is 6.08 Å². The van der Waals surface area contributed by atoms with E-state index in [9.17, 15) is 4.79 Å². The Bertz CT molecular complexity index is 1200. The smallest absolute Gasteiger partial charge is 0.259 e. The largest absolute Gasteiger partial charge is 0.311 e. The number of amidine groups is 1. The summed E-state index contributed by atoms with van der Waals surface area (Å²) in [6.07, 6.45) is 2.70. The number of hydrazone groups is 1. The number of amides is 1. The number of hydrogen-bond donors (Lipinski definition) is 0. The molecule has 4 nitrogen and oxygen atoms in total. The highest BCUT2D eigenvalue weighted by molar-refractivity contribution is 8.18. The Kier molecular flexibility index (Phi) is 5.45. The van der Waals surface area contributed by atoms with Gasteiger partial charge in [0.25, 0.3) is 0 Å². The van der Waals surface area contributed by atoms with Crippen molar-refractivity contribution in [2.45, 2.75) is 12.5 Å². The van der Waals surface area contributed by atoms with Gasteiger partial charge in [-0.15, -0.1) is 0 Å². The lowest BCUT2D eigenvalue weighted by Gasteiger charge is -2.24. The molecule has 5 rings (SSSR count). The molecule has 6 heteroatoms. The molecule has 0 radical (unpaired) electrons. The monoisotopic (exact) mass is 443 g/mol. The van der Waals surface area contributed by atoms with E-state index in [1.165, 1.54) is 0 Å². The number of rotatable bonds is 3. The van der Waals surface area contributed by atoms with Gasteiger partial charge in [0.2, 0.25) is 0 Å². The minimum atomic E-state index is -0.226. The fourth-order valence-corrected chi connectivity index (χ4v) is 4.59. The van der Waals surface area contributed by atoms with Crippen LogP contribution in [0, 0.1) is 0 Å². The zero-order chi connectivity index (χ0) is 21.2. The van der Waals surface area contributed by atoms with E-state index in [4.69, 9.17) is 16.7 Å². The van der Waals surface area contributed by atoms with Crippen LogP contribution in [0.5, 0.6) is 0 Å². The molecule has 2 heterocycles. The molecule has 0 aliphatic carbocycles. The SMILES string of the molecule is O=C1N=C(N2N=C(c3ccccc3)CC2c2ccc(Cl)cc2)/C(=C/c2ccccc2)S1. The molecule has 0 saturated heterocycles. The van der Waals surface area contributed by atoms with Crippen molar-refractivity contribution in [3.8, 4) is 0 Å². The zero-order valence-corrected chi connectivity index (χ0v) is 18.1. The second-order valence-electron chi connectivity index (χ2n) is 7.25. The second kappa shape index (κ2) is 8.53. The van der Waals surface area contributed by atoms with Crippen molar-refractivity contribution in [2.75, 3.05) is 0 Å². The maximum absolute atomic E-state index is 12.3. The number of carbonyl (C=O) groups excluding carboxylic acids is 1. The van der Waals surface area contributed by atoms with Crippen LogP contribution in [0.1, 0.15) is 29.2 Å². The summed E-state index contributed by atoms with van der Waals surface area (Å²) in [5.74, 6) is 0.588. The number of carbonyl (C=O) groups is 1. The van der Waals surface area contributed by atoms with Crippen LogP contribution in [0.3, 0.4) is 0 Å². The van der Waals surface area contributed by atoms with E-state index >= 15 is 0 Å². The van der Waals surface area contributed by atoms with Crippen molar-refractivity contribution in [3.05, 3.63) is 112 Å². The second-order valence-corrected chi connectivity index (χ2v) is 8.68. The molecular formula is C25H18ClN3OS. The van der Waals surface area contributed by atoms with Gasteiger partial charge in [0, 0.05) is 11.4 Å². The molecule has 0 saturated carbocycles. The number of nitrogens with zero attached hydrogens (tertiary/aromatic N) is 3. The minimum Gasteiger partial charge on any atom is -0.259 e. The molecule has 2 aliphatic heterocycles. The van der Waals surface area contributed by atoms with Crippen LogP contribution in [-0.2, 0) is 0 Å². The maximum Gasteiger partial charge on any atom is 0.311 e. The van der Waals surface area contributed by atoms with Gasteiger partial charge in [-0.25, -0.2) is 5.01 Å². The molecule has 152 valence electrons. The highest BCUT2D eigenvalue weighted by Crippen LogP contribution is 2.39. The number of thioether (sulfide) groups is 1. The zero-order valence-electron chi connectivity index (χ0n) is 16.5. The summed E-state index contributed by atoms with van der Waals surface area (Å²) in [4.78, 5) is 17.4. The number of aliphatic imine (C=N–C) groups is 1. The first-order chi connectivity index (χ1) is 15.2. The lowest BCUT2D eigenvalue weighted by atomic mass is 9.98. The Morgan fingerprint density at radius 2 is 1.61 bits per heavy atom. The normalized spacial score (nSPS) is 19.6. The molecule has 1 atom stereocenters. The summed E-state index contributed by atoms with van der Waals surface area (Å²) < 4.78 is 0. The topological polar surface area (TPSA) is 45.0 Å². The summed E-state index contributed by atoms with van der Waals surface area (Å²) in [6, 6.07) is 27.8. The van der Waals surface area contributed by atoms with Crippen LogP contribution in [0.15, 0.2) is 99.9 Å². The van der Waals surface area contributed by atoms with Gasteiger partial charge in [-0.1, -0.05) is 84.4 Å². The third kappa shape index (κ3) is 4.20. The Balaban J connectivity index is 1.57. The number of hydrogen-bond acceptors (Lipinski definition) is 4. The highest BCUT2D eigenvalue weighted by atomic mass is 35.5. The van der Waals surface area contributed by atoms with Gasteiger partial charge < -0.3 is 0 Å². The van der Waals surface area contributed by atoms with Gasteiger partial charge in [0.05, 0.1) is 16.7 Å². The lowest BCUT2D eigenvalue weighted by Crippen LogP contribution is -2.26. The molecule has 3 aromatic rings. The Morgan fingerprint density at radius 1 is 0.935 bits per heavy atom. The van der Waals surface area contributed by atoms with Crippen molar-refractivity contribution in [2.24, 2.45) is 10.1 Å². The van der Waals surface area contributed by atoms with E-state index in [1.807, 2.05) is 83.9 Å². The van der Waals surface area contributed by atoms with E-state index in [0.29, 0.717) is 17.3 Å². The van der Waals surface area contributed by atoms with Gasteiger partial charge in [0.15, 0.2) is 5.84 Å². The lowest BCUT2D eigenvalue weighted by molar-refractivity contribution is 0.267. The summed E-state index contributed by atoms with van der Waals surface area (Å²) in [5.41, 5.74) is 4.12. The summed E-state index contributed by atoms with van der Waals surface area (Å²) in [7, 11) is 0. The van der Waals surface area contributed by atoms with Crippen LogP contribution in [0.2, 0.25) is 5.02 Å². The summed E-state index contributed by atoms with van der Waals surface area (Å²) in [5, 5.41) is 7.27. The Morgan fingerprint density at radius 3 is 2.32 bits per heavy atom. The number of halogens is 1. The molecule has 0 spiro atoms. The third-order valence-electron chi connectivity index (χ3n) is 5.20. The van der Waals surface area contributed by atoms with Crippen LogP contribution in [-0.4, -0.2) is 21.8 Å². The van der Waals surface area contributed by atoms with E-state index in [0.717, 1.165) is 39.1 Å². The maximum atomic E-state index is 12.3. The van der Waals surface area contributed by atoms with Crippen molar-refractivity contribution in [1.82, 2.24) is 5.01 Å². The Hall–Kier alpha value is -3.15. The van der Waals surface area contributed by atoms with E-state index in [1.54, 1.807) is 0 Å². The molecule has 2 aliphatic rings. The van der Waals surface area contributed by atoms with E-state index < -0.39 is 0 Å². The van der Waals surface area contributed by atoms with Gasteiger partial charge in [-0.3, -0.25) is 4.79 Å². The van der Waals surface area contributed by atoms with E-state index in [-0.39, 0.29) is 11.3 Å². The first kappa shape index (κ1) is 19.8.